The second-order valence-electron chi connectivity index (χ2n) is 7.93. The molecule has 0 aliphatic heterocycles. The first-order valence-electron chi connectivity index (χ1n) is 10.5. The largest absolute Gasteiger partial charge is 0.327 e. The van der Waals surface area contributed by atoms with Gasteiger partial charge in [0.05, 0.1) is 22.7 Å². The first-order chi connectivity index (χ1) is 16.1. The Labute approximate surface area is 212 Å². The smallest absolute Gasteiger partial charge is 0.256 e. The highest BCUT2D eigenvalue weighted by molar-refractivity contribution is 7.13. The van der Waals surface area contributed by atoms with Crippen LogP contribution in [-0.2, 0) is 16.0 Å². The van der Waals surface area contributed by atoms with E-state index in [0.717, 1.165) is 5.56 Å². The molecule has 2 N–H and O–H groups in total. The van der Waals surface area contributed by atoms with Crippen molar-refractivity contribution >= 4 is 63.1 Å². The zero-order chi connectivity index (χ0) is 24.8. The van der Waals surface area contributed by atoms with Gasteiger partial charge in [-0.3, -0.25) is 14.4 Å². The van der Waals surface area contributed by atoms with E-state index in [4.69, 9.17) is 23.2 Å². The maximum Gasteiger partial charge on any atom is 0.256 e. The Morgan fingerprint density at radius 3 is 2.38 bits per heavy atom. The monoisotopic (exact) mass is 518 g/mol. The summed E-state index contributed by atoms with van der Waals surface area (Å²) in [4.78, 5) is 43.6. The molecule has 0 bridgehead atoms. The lowest BCUT2D eigenvalue weighted by atomic mass is 10.1. The van der Waals surface area contributed by atoms with Gasteiger partial charge in [0.15, 0.2) is 5.13 Å². The van der Waals surface area contributed by atoms with Crippen molar-refractivity contribution in [3.05, 3.63) is 74.7 Å². The van der Waals surface area contributed by atoms with E-state index in [1.54, 1.807) is 11.4 Å². The molecule has 3 aromatic rings. The number of benzene rings is 2. The second kappa shape index (κ2) is 11.5. The molecule has 0 radical (unpaired) electrons. The number of halogens is 2. The van der Waals surface area contributed by atoms with Crippen molar-refractivity contribution in [3.8, 4) is 0 Å². The Kier molecular flexibility index (Phi) is 8.66. The fourth-order valence-corrected chi connectivity index (χ4v) is 4.29. The van der Waals surface area contributed by atoms with E-state index in [9.17, 15) is 14.4 Å². The molecule has 0 saturated carbocycles. The van der Waals surface area contributed by atoms with Crippen LogP contribution < -0.4 is 10.6 Å². The van der Waals surface area contributed by atoms with E-state index in [1.165, 1.54) is 28.4 Å². The number of nitrogens with one attached hydrogen (secondary N) is 2. The molecule has 3 amide bonds. The van der Waals surface area contributed by atoms with Gasteiger partial charge in [0.25, 0.3) is 5.91 Å². The lowest BCUT2D eigenvalue weighted by Gasteiger charge is -2.26. The third-order valence-corrected chi connectivity index (χ3v) is 6.19. The molecule has 0 aliphatic rings. The summed E-state index contributed by atoms with van der Waals surface area (Å²) in [7, 11) is 0. The zero-order valence-electron chi connectivity index (χ0n) is 18.9. The van der Waals surface area contributed by atoms with Crippen LogP contribution >= 0.6 is 34.5 Å². The molecule has 0 spiro atoms. The van der Waals surface area contributed by atoms with Gasteiger partial charge in [-0.1, -0.05) is 40.9 Å². The van der Waals surface area contributed by atoms with Crippen LogP contribution in [0.15, 0.2) is 47.8 Å². The van der Waals surface area contributed by atoms with Crippen molar-refractivity contribution in [3.63, 3.8) is 0 Å². The van der Waals surface area contributed by atoms with Crippen LogP contribution in [0.3, 0.4) is 0 Å². The second-order valence-corrected chi connectivity index (χ2v) is 9.64. The number of aromatic nitrogens is 1. The van der Waals surface area contributed by atoms with E-state index in [-0.39, 0.29) is 41.4 Å². The van der Waals surface area contributed by atoms with Gasteiger partial charge in [0.1, 0.15) is 6.54 Å². The van der Waals surface area contributed by atoms with Crippen LogP contribution in [0.2, 0.25) is 10.0 Å². The van der Waals surface area contributed by atoms with Gasteiger partial charge < -0.3 is 15.5 Å². The number of rotatable bonds is 8. The van der Waals surface area contributed by atoms with Crippen LogP contribution in [0.25, 0.3) is 0 Å². The van der Waals surface area contributed by atoms with Gasteiger partial charge in [0, 0.05) is 22.1 Å². The molecule has 0 atom stereocenters. The van der Waals surface area contributed by atoms with E-state index >= 15 is 0 Å². The first-order valence-corrected chi connectivity index (χ1v) is 12.1. The van der Waals surface area contributed by atoms with E-state index in [1.807, 2.05) is 45.0 Å². The minimum Gasteiger partial charge on any atom is -0.327 e. The number of hydrogen-bond acceptors (Lipinski definition) is 5. The van der Waals surface area contributed by atoms with Gasteiger partial charge in [-0.05, 0) is 51.1 Å². The average Bonchev–Trinajstić information content (AvgIpc) is 3.19. The minimum atomic E-state index is -0.405. The third-order valence-electron chi connectivity index (χ3n) is 4.83. The fourth-order valence-electron chi connectivity index (χ4n) is 3.07. The Hall–Kier alpha value is -2.94. The molecule has 0 saturated heterocycles. The van der Waals surface area contributed by atoms with Crippen molar-refractivity contribution in [2.75, 3.05) is 17.2 Å². The Morgan fingerprint density at radius 2 is 1.74 bits per heavy atom. The van der Waals surface area contributed by atoms with Gasteiger partial charge in [-0.2, -0.15) is 0 Å². The molecule has 3 rings (SSSR count). The first kappa shape index (κ1) is 25.7. The normalized spacial score (nSPS) is 10.8. The maximum atomic E-state index is 13.0. The zero-order valence-corrected chi connectivity index (χ0v) is 21.2. The summed E-state index contributed by atoms with van der Waals surface area (Å²) in [6.45, 7) is 5.41. The maximum absolute atomic E-state index is 13.0. The molecule has 34 heavy (non-hydrogen) atoms. The standard InChI is InChI=1S/C24H24Cl2N4O3S/c1-14(2)30(23(33)19-9-6-16(25)10-20(19)26)12-22(32)29-24-28-18(13-34-24)11-21(31)27-17-7-4-15(3)5-8-17/h4-10,13-14H,11-12H2,1-3H3,(H,27,31)(H,28,29,32). The van der Waals surface area contributed by atoms with Crippen LogP contribution in [-0.4, -0.2) is 40.2 Å². The number of hydrogen-bond donors (Lipinski definition) is 2. The summed E-state index contributed by atoms with van der Waals surface area (Å²) < 4.78 is 0. The van der Waals surface area contributed by atoms with Crippen molar-refractivity contribution in [1.82, 2.24) is 9.88 Å². The highest BCUT2D eigenvalue weighted by atomic mass is 35.5. The Bertz CT molecular complexity index is 1200. The van der Waals surface area contributed by atoms with Crippen molar-refractivity contribution in [1.29, 1.82) is 0 Å². The van der Waals surface area contributed by atoms with Crippen molar-refractivity contribution in [2.45, 2.75) is 33.2 Å². The predicted molar refractivity (Wildman–Crippen MR) is 137 cm³/mol. The minimum absolute atomic E-state index is 0.0753. The summed E-state index contributed by atoms with van der Waals surface area (Å²) in [5.74, 6) is -0.986. The van der Waals surface area contributed by atoms with Crippen LogP contribution in [0.4, 0.5) is 10.8 Å². The summed E-state index contributed by atoms with van der Waals surface area (Å²) in [5, 5.41) is 8.21. The van der Waals surface area contributed by atoms with E-state index in [0.29, 0.717) is 21.5 Å². The van der Waals surface area contributed by atoms with Gasteiger partial charge >= 0.3 is 0 Å². The lowest BCUT2D eigenvalue weighted by molar-refractivity contribution is -0.117. The predicted octanol–water partition coefficient (Wildman–Crippen LogP) is 5.43. The highest BCUT2D eigenvalue weighted by Gasteiger charge is 2.24. The van der Waals surface area contributed by atoms with Gasteiger partial charge in [-0.25, -0.2) is 4.98 Å². The summed E-state index contributed by atoms with van der Waals surface area (Å²) in [6, 6.07) is 11.8. The molecule has 1 heterocycles. The number of amides is 3. The highest BCUT2D eigenvalue weighted by Crippen LogP contribution is 2.23. The number of carbonyl (C=O) groups is 3. The molecule has 7 nitrogen and oxygen atoms in total. The molecule has 0 aliphatic carbocycles. The summed E-state index contributed by atoms with van der Waals surface area (Å²) in [6.07, 6.45) is 0.0753. The Morgan fingerprint density at radius 1 is 1.03 bits per heavy atom. The van der Waals surface area contributed by atoms with Crippen LogP contribution in [0, 0.1) is 6.92 Å². The van der Waals surface area contributed by atoms with E-state index in [2.05, 4.69) is 15.6 Å². The van der Waals surface area contributed by atoms with Crippen LogP contribution in [0.5, 0.6) is 0 Å². The Balaban J connectivity index is 1.58. The molecule has 0 unspecified atom stereocenters. The van der Waals surface area contributed by atoms with Crippen LogP contribution in [0.1, 0.15) is 35.5 Å². The van der Waals surface area contributed by atoms with Gasteiger partial charge in [-0.15, -0.1) is 11.3 Å². The number of thiazole rings is 1. The molecule has 10 heteroatoms. The number of nitrogens with zero attached hydrogens (tertiary/aromatic N) is 2. The molecule has 2 aromatic carbocycles. The summed E-state index contributed by atoms with van der Waals surface area (Å²) in [5.41, 5.74) is 2.61. The quantitative estimate of drug-likeness (QED) is 0.415. The average molecular weight is 519 g/mol. The SMILES string of the molecule is Cc1ccc(NC(=O)Cc2csc(NC(=O)CN(C(=O)c3ccc(Cl)cc3Cl)C(C)C)n2)cc1. The third kappa shape index (κ3) is 7.03. The van der Waals surface area contributed by atoms with E-state index < -0.39 is 5.91 Å². The van der Waals surface area contributed by atoms with Crippen molar-refractivity contribution < 1.29 is 14.4 Å². The molecule has 178 valence electrons. The molecule has 0 fully saturated rings. The lowest BCUT2D eigenvalue weighted by Crippen LogP contribution is -2.42. The van der Waals surface area contributed by atoms with Gasteiger partial charge in [0.2, 0.25) is 11.8 Å². The topological polar surface area (TPSA) is 91.4 Å². The summed E-state index contributed by atoms with van der Waals surface area (Å²) >= 11 is 13.3. The fraction of sp³-hybridized carbons (Fsp3) is 0.250. The molecular formula is C24H24Cl2N4O3S. The number of anilines is 2. The molecule has 1 aromatic heterocycles. The number of carbonyl (C=O) groups excluding carboxylic acids is 3. The van der Waals surface area contributed by atoms with Crippen molar-refractivity contribution in [2.24, 2.45) is 0 Å². The molecular weight excluding hydrogens is 495 g/mol. The number of aryl methyl sites for hydroxylation is 1.